The Morgan fingerprint density at radius 3 is 2.23 bits per heavy atom. The molecule has 2 rings (SSSR count). The van der Waals surface area contributed by atoms with Gasteiger partial charge in [-0.15, -0.1) is 0 Å². The highest BCUT2D eigenvalue weighted by Gasteiger charge is 2.17. The molecule has 1 fully saturated rings. The van der Waals surface area contributed by atoms with Gasteiger partial charge in [0.2, 0.25) is 11.7 Å². The number of hydrogen-bond donors (Lipinski definition) is 1. The van der Waals surface area contributed by atoms with Crippen molar-refractivity contribution in [3.05, 3.63) is 12.1 Å². The Balaban J connectivity index is 2.04. The molecule has 1 aliphatic heterocycles. The first kappa shape index (κ1) is 16.2. The second-order valence-corrected chi connectivity index (χ2v) is 4.76. The summed E-state index contributed by atoms with van der Waals surface area (Å²) < 4.78 is 21.1. The summed E-state index contributed by atoms with van der Waals surface area (Å²) in [6, 6.07) is 3.54. The van der Waals surface area contributed by atoms with Gasteiger partial charge in [-0.3, -0.25) is 4.79 Å². The van der Waals surface area contributed by atoms with Gasteiger partial charge in [-0.2, -0.15) is 0 Å². The number of rotatable bonds is 6. The fraction of sp³-hybridized carbons (Fsp3) is 0.533. The number of carbonyl (C=O) groups is 1. The lowest BCUT2D eigenvalue weighted by Gasteiger charge is -2.27. The molecule has 1 saturated heterocycles. The molecule has 1 aromatic carbocycles. The molecule has 0 atom stereocenters. The van der Waals surface area contributed by atoms with Gasteiger partial charge in [0.15, 0.2) is 11.5 Å². The van der Waals surface area contributed by atoms with Crippen molar-refractivity contribution in [1.82, 2.24) is 4.90 Å². The quantitative estimate of drug-likeness (QED) is 0.845. The zero-order valence-electron chi connectivity index (χ0n) is 13.2. The Bertz CT molecular complexity index is 490. The van der Waals surface area contributed by atoms with Crippen LogP contribution in [0.2, 0.25) is 0 Å². The van der Waals surface area contributed by atoms with Crippen LogP contribution >= 0.6 is 0 Å². The molecule has 1 aliphatic rings. The molecule has 7 nitrogen and oxygen atoms in total. The SMILES string of the molecule is COc1cc(NCC(=O)N2CCOCC2)cc(OC)c1OC. The summed E-state index contributed by atoms with van der Waals surface area (Å²) in [7, 11) is 4.66. The number of methoxy groups -OCH3 is 3. The Hall–Kier alpha value is -2.15. The van der Waals surface area contributed by atoms with Gasteiger partial charge in [-0.1, -0.05) is 0 Å². The van der Waals surface area contributed by atoms with Gasteiger partial charge in [-0.25, -0.2) is 0 Å². The fourth-order valence-electron chi connectivity index (χ4n) is 2.29. The summed E-state index contributed by atoms with van der Waals surface area (Å²) in [4.78, 5) is 13.9. The molecule has 22 heavy (non-hydrogen) atoms. The van der Waals surface area contributed by atoms with Crippen LogP contribution in [0.15, 0.2) is 12.1 Å². The van der Waals surface area contributed by atoms with Crippen molar-refractivity contribution in [3.8, 4) is 17.2 Å². The van der Waals surface area contributed by atoms with E-state index in [0.717, 1.165) is 5.69 Å². The van der Waals surface area contributed by atoms with Crippen LogP contribution in [0.5, 0.6) is 17.2 Å². The molecule has 0 aliphatic carbocycles. The van der Waals surface area contributed by atoms with E-state index in [1.807, 2.05) is 0 Å². The molecule has 1 amide bonds. The van der Waals surface area contributed by atoms with E-state index in [4.69, 9.17) is 18.9 Å². The second-order valence-electron chi connectivity index (χ2n) is 4.76. The predicted octanol–water partition coefficient (Wildman–Crippen LogP) is 0.983. The monoisotopic (exact) mass is 310 g/mol. The molecule has 122 valence electrons. The van der Waals surface area contributed by atoms with Crippen LogP contribution in [0.1, 0.15) is 0 Å². The molecular formula is C15H22N2O5. The number of ether oxygens (including phenoxy) is 4. The maximum atomic E-state index is 12.1. The molecule has 7 heteroatoms. The summed E-state index contributed by atoms with van der Waals surface area (Å²) in [5.74, 6) is 1.65. The Kier molecular flexibility index (Phi) is 5.71. The molecular weight excluding hydrogens is 288 g/mol. The summed E-state index contributed by atoms with van der Waals surface area (Å²) in [5, 5.41) is 3.09. The largest absolute Gasteiger partial charge is 0.493 e. The van der Waals surface area contributed by atoms with Crippen molar-refractivity contribution in [1.29, 1.82) is 0 Å². The van der Waals surface area contributed by atoms with Crippen molar-refractivity contribution in [2.45, 2.75) is 0 Å². The maximum absolute atomic E-state index is 12.1. The van der Waals surface area contributed by atoms with Crippen LogP contribution in [0.3, 0.4) is 0 Å². The summed E-state index contributed by atoms with van der Waals surface area (Å²) in [5.41, 5.74) is 0.733. The number of carbonyl (C=O) groups excluding carboxylic acids is 1. The third kappa shape index (κ3) is 3.73. The van der Waals surface area contributed by atoms with Crippen LogP contribution in [0.4, 0.5) is 5.69 Å². The number of benzene rings is 1. The molecule has 0 saturated carbocycles. The average Bonchev–Trinajstić information content (AvgIpc) is 2.59. The van der Waals surface area contributed by atoms with Crippen LogP contribution in [-0.4, -0.2) is 65.0 Å². The normalized spacial score (nSPS) is 14.4. The molecule has 0 unspecified atom stereocenters. The molecule has 0 aromatic heterocycles. The molecule has 1 heterocycles. The zero-order chi connectivity index (χ0) is 15.9. The van der Waals surface area contributed by atoms with Gasteiger partial charge in [0.25, 0.3) is 0 Å². The Morgan fingerprint density at radius 2 is 1.73 bits per heavy atom. The average molecular weight is 310 g/mol. The van der Waals surface area contributed by atoms with E-state index in [0.29, 0.717) is 43.6 Å². The standard InChI is InChI=1S/C15H22N2O5/c1-19-12-8-11(9-13(20-2)15(12)21-3)16-10-14(18)17-4-6-22-7-5-17/h8-9,16H,4-7,10H2,1-3H3. The summed E-state index contributed by atoms with van der Waals surface area (Å²) in [6.07, 6.45) is 0. The zero-order valence-corrected chi connectivity index (χ0v) is 13.2. The number of morpholine rings is 1. The molecule has 0 bridgehead atoms. The number of nitrogens with zero attached hydrogens (tertiary/aromatic N) is 1. The van der Waals surface area contributed by atoms with Crippen molar-refractivity contribution >= 4 is 11.6 Å². The number of hydrogen-bond acceptors (Lipinski definition) is 6. The van der Waals surface area contributed by atoms with Crippen molar-refractivity contribution in [2.24, 2.45) is 0 Å². The van der Waals surface area contributed by atoms with Crippen LogP contribution in [-0.2, 0) is 9.53 Å². The van der Waals surface area contributed by atoms with E-state index in [9.17, 15) is 4.79 Å². The van der Waals surface area contributed by atoms with Crippen LogP contribution < -0.4 is 19.5 Å². The third-order valence-electron chi connectivity index (χ3n) is 3.47. The Labute approximate surface area is 130 Å². The summed E-state index contributed by atoms with van der Waals surface area (Å²) in [6.45, 7) is 2.66. The first-order valence-corrected chi connectivity index (χ1v) is 7.09. The molecule has 1 aromatic rings. The van der Waals surface area contributed by atoms with Gasteiger partial charge >= 0.3 is 0 Å². The van der Waals surface area contributed by atoms with Crippen molar-refractivity contribution < 1.29 is 23.7 Å². The first-order valence-electron chi connectivity index (χ1n) is 7.09. The lowest BCUT2D eigenvalue weighted by atomic mass is 10.2. The maximum Gasteiger partial charge on any atom is 0.242 e. The van der Waals surface area contributed by atoms with E-state index < -0.39 is 0 Å². The van der Waals surface area contributed by atoms with Gasteiger partial charge in [-0.05, 0) is 0 Å². The summed E-state index contributed by atoms with van der Waals surface area (Å²) >= 11 is 0. The molecule has 1 N–H and O–H groups in total. The lowest BCUT2D eigenvalue weighted by Crippen LogP contribution is -2.43. The van der Waals surface area contributed by atoms with Crippen molar-refractivity contribution in [2.75, 3.05) is 59.5 Å². The highest BCUT2D eigenvalue weighted by Crippen LogP contribution is 2.39. The minimum atomic E-state index is 0.0389. The van der Waals surface area contributed by atoms with E-state index in [1.54, 1.807) is 38.4 Å². The highest BCUT2D eigenvalue weighted by atomic mass is 16.5. The predicted molar refractivity (Wildman–Crippen MR) is 82.0 cm³/mol. The Morgan fingerprint density at radius 1 is 1.14 bits per heavy atom. The molecule has 0 spiro atoms. The minimum absolute atomic E-state index is 0.0389. The van der Waals surface area contributed by atoms with Gasteiger partial charge < -0.3 is 29.2 Å². The fourth-order valence-corrected chi connectivity index (χ4v) is 2.29. The van der Waals surface area contributed by atoms with E-state index in [2.05, 4.69) is 5.32 Å². The van der Waals surface area contributed by atoms with Crippen molar-refractivity contribution in [3.63, 3.8) is 0 Å². The van der Waals surface area contributed by atoms with Crippen LogP contribution in [0.25, 0.3) is 0 Å². The van der Waals surface area contributed by atoms with Gasteiger partial charge in [0, 0.05) is 30.9 Å². The van der Waals surface area contributed by atoms with Gasteiger partial charge in [0.1, 0.15) is 0 Å². The lowest BCUT2D eigenvalue weighted by molar-refractivity contribution is -0.133. The number of anilines is 1. The topological polar surface area (TPSA) is 69.3 Å². The molecule has 0 radical (unpaired) electrons. The first-order chi connectivity index (χ1) is 10.7. The number of nitrogens with one attached hydrogen (secondary N) is 1. The van der Waals surface area contributed by atoms with E-state index in [-0.39, 0.29) is 12.5 Å². The highest BCUT2D eigenvalue weighted by molar-refractivity contribution is 5.81. The minimum Gasteiger partial charge on any atom is -0.493 e. The smallest absolute Gasteiger partial charge is 0.242 e. The third-order valence-corrected chi connectivity index (χ3v) is 3.47. The van der Waals surface area contributed by atoms with Crippen LogP contribution in [0, 0.1) is 0 Å². The van der Waals surface area contributed by atoms with E-state index in [1.165, 1.54) is 0 Å². The number of amides is 1. The van der Waals surface area contributed by atoms with Gasteiger partial charge in [0.05, 0.1) is 41.1 Å². The van der Waals surface area contributed by atoms with E-state index >= 15 is 0 Å². The second kappa shape index (κ2) is 7.74.